The maximum absolute atomic E-state index is 13.8. The van der Waals surface area contributed by atoms with Gasteiger partial charge in [0.05, 0.1) is 38.5 Å². The van der Waals surface area contributed by atoms with Gasteiger partial charge in [-0.25, -0.2) is 9.59 Å². The summed E-state index contributed by atoms with van der Waals surface area (Å²) in [4.78, 5) is 42.7. The Morgan fingerprint density at radius 3 is 2.56 bits per heavy atom. The van der Waals surface area contributed by atoms with Crippen LogP contribution in [0.15, 0.2) is 68.7 Å². The third-order valence-corrected chi connectivity index (χ3v) is 8.00. The summed E-state index contributed by atoms with van der Waals surface area (Å²) in [7, 11) is 1.65. The van der Waals surface area contributed by atoms with Gasteiger partial charge in [-0.15, -0.1) is 0 Å². The average Bonchev–Trinajstić information content (AvgIpc) is 3.37. The lowest BCUT2D eigenvalue weighted by Crippen LogP contribution is -2.39. The van der Waals surface area contributed by atoms with Gasteiger partial charge in [0.25, 0.3) is 5.91 Å². The fourth-order valence-corrected chi connectivity index (χ4v) is 5.80. The molecule has 1 aliphatic rings. The topological polar surface area (TPSA) is 104 Å². The number of carbonyl (C=O) groups is 1. The largest absolute Gasteiger partial charge is 0.419 e. The van der Waals surface area contributed by atoms with Crippen LogP contribution in [0.4, 0.5) is 0 Å². The van der Waals surface area contributed by atoms with Crippen molar-refractivity contribution in [3.63, 3.8) is 0 Å². The van der Waals surface area contributed by atoms with Gasteiger partial charge in [-0.05, 0) is 68.9 Å². The fourth-order valence-electron chi connectivity index (χ4n) is 5.64. The molecule has 39 heavy (non-hydrogen) atoms. The molecule has 1 N–H and O–H groups in total. The molecule has 0 atom stereocenters. The first-order valence-corrected chi connectivity index (χ1v) is 13.4. The van der Waals surface area contributed by atoms with Crippen LogP contribution < -0.4 is 16.8 Å². The second kappa shape index (κ2) is 9.89. The van der Waals surface area contributed by atoms with Gasteiger partial charge >= 0.3 is 11.4 Å². The van der Waals surface area contributed by atoms with Gasteiger partial charge < -0.3 is 9.73 Å². The molecule has 200 valence electrons. The highest BCUT2D eigenvalue weighted by Gasteiger charge is 2.26. The number of oxazole rings is 1. The van der Waals surface area contributed by atoms with Crippen LogP contribution in [0.5, 0.6) is 0 Å². The van der Waals surface area contributed by atoms with Crippen molar-refractivity contribution in [2.45, 2.75) is 45.2 Å². The number of aromatic nitrogens is 4. The summed E-state index contributed by atoms with van der Waals surface area (Å²) in [6, 6.07) is 14.8. The molecule has 5 aromatic rings. The predicted molar refractivity (Wildman–Crippen MR) is 150 cm³/mol. The van der Waals surface area contributed by atoms with Crippen molar-refractivity contribution < 1.29 is 9.21 Å². The summed E-state index contributed by atoms with van der Waals surface area (Å²) in [6.45, 7) is 2.39. The molecule has 3 heterocycles. The van der Waals surface area contributed by atoms with Gasteiger partial charge in [0.2, 0.25) is 0 Å². The first kappa shape index (κ1) is 25.2. The minimum atomic E-state index is -0.442. The summed E-state index contributed by atoms with van der Waals surface area (Å²) in [6.07, 6.45) is 4.99. The Morgan fingerprint density at radius 1 is 1.05 bits per heavy atom. The zero-order valence-electron chi connectivity index (χ0n) is 21.7. The van der Waals surface area contributed by atoms with E-state index in [1.165, 1.54) is 10.8 Å². The number of nitrogens with zero attached hydrogens (tertiary/aromatic N) is 4. The minimum absolute atomic E-state index is 0.0671. The number of rotatable bonds is 5. The molecule has 0 spiro atoms. The third-order valence-electron chi connectivity index (χ3n) is 7.79. The van der Waals surface area contributed by atoms with Crippen LogP contribution in [0.25, 0.3) is 27.8 Å². The van der Waals surface area contributed by atoms with E-state index in [2.05, 4.69) is 10.3 Å². The molecule has 1 aliphatic carbocycles. The number of fused-ring (bicyclic) bond motifs is 2. The van der Waals surface area contributed by atoms with Gasteiger partial charge in [-0.2, -0.15) is 0 Å². The van der Waals surface area contributed by atoms with Crippen LogP contribution >= 0.6 is 11.6 Å². The van der Waals surface area contributed by atoms with Gasteiger partial charge in [0.15, 0.2) is 5.58 Å². The van der Waals surface area contributed by atoms with Crippen LogP contribution in [0, 0.1) is 12.8 Å². The average molecular weight is 546 g/mol. The van der Waals surface area contributed by atoms with Crippen molar-refractivity contribution in [3.8, 4) is 5.69 Å². The van der Waals surface area contributed by atoms with E-state index in [1.54, 1.807) is 36.7 Å². The summed E-state index contributed by atoms with van der Waals surface area (Å²) >= 11 is 6.04. The van der Waals surface area contributed by atoms with Crippen molar-refractivity contribution in [1.29, 1.82) is 0 Å². The number of hydrogen-bond acceptors (Lipinski definition) is 5. The Morgan fingerprint density at radius 2 is 1.79 bits per heavy atom. The molecule has 10 heteroatoms. The van der Waals surface area contributed by atoms with Crippen LogP contribution in [0.1, 0.15) is 41.7 Å². The monoisotopic (exact) mass is 545 g/mol. The molecule has 1 amide bonds. The van der Waals surface area contributed by atoms with Gasteiger partial charge in [-0.1, -0.05) is 23.7 Å². The maximum Gasteiger partial charge on any atom is 0.419 e. The highest BCUT2D eigenvalue weighted by molar-refractivity contribution is 6.30. The number of hydrogen-bond donors (Lipinski definition) is 1. The first-order valence-electron chi connectivity index (χ1n) is 13.0. The zero-order chi connectivity index (χ0) is 27.3. The number of aryl methyl sites for hydroxylation is 2. The predicted octanol–water partition coefficient (Wildman–Crippen LogP) is 4.58. The number of halogens is 1. The zero-order valence-corrected chi connectivity index (χ0v) is 22.4. The second-order valence-corrected chi connectivity index (χ2v) is 10.7. The summed E-state index contributed by atoms with van der Waals surface area (Å²) in [5.41, 5.74) is 4.43. The Labute approximate surface area is 228 Å². The van der Waals surface area contributed by atoms with Crippen molar-refractivity contribution in [1.82, 2.24) is 24.0 Å². The molecule has 6 rings (SSSR count). The number of nitrogens with one attached hydrogen (secondary N) is 1. The molecule has 0 radical (unpaired) electrons. The molecule has 1 saturated carbocycles. The molecule has 9 nitrogen and oxygen atoms in total. The van der Waals surface area contributed by atoms with E-state index in [-0.39, 0.29) is 17.6 Å². The van der Waals surface area contributed by atoms with Gasteiger partial charge in [0.1, 0.15) is 0 Å². The van der Waals surface area contributed by atoms with Gasteiger partial charge in [0, 0.05) is 31.9 Å². The Balaban J connectivity index is 1.22. The molecule has 1 fully saturated rings. The molecule has 0 saturated heterocycles. The summed E-state index contributed by atoms with van der Waals surface area (Å²) < 4.78 is 10.3. The number of carbonyl (C=O) groups excluding carboxylic acids is 1. The highest BCUT2D eigenvalue weighted by atomic mass is 35.5. The smallest absolute Gasteiger partial charge is 0.408 e. The number of pyridine rings is 1. The molecule has 2 aromatic carbocycles. The number of imidazole rings is 1. The molecule has 0 bridgehead atoms. The normalized spacial score (nSPS) is 17.6. The van der Waals surface area contributed by atoms with Crippen molar-refractivity contribution in [2.75, 3.05) is 0 Å². The van der Waals surface area contributed by atoms with Crippen molar-refractivity contribution in [2.24, 2.45) is 13.0 Å². The lowest BCUT2D eigenvalue weighted by molar-refractivity contribution is 0.0919. The minimum Gasteiger partial charge on any atom is -0.408 e. The van der Waals surface area contributed by atoms with E-state index in [1.807, 2.05) is 34.9 Å². The van der Waals surface area contributed by atoms with Gasteiger partial charge in [-0.3, -0.25) is 23.5 Å². The molecular weight excluding hydrogens is 518 g/mol. The lowest BCUT2D eigenvalue weighted by Gasteiger charge is -2.29. The fraction of sp³-hybridized carbons (Fsp3) is 0.310. The van der Waals surface area contributed by atoms with E-state index in [4.69, 9.17) is 16.0 Å². The second-order valence-electron chi connectivity index (χ2n) is 10.3. The van der Waals surface area contributed by atoms with Crippen molar-refractivity contribution in [3.05, 3.63) is 92.0 Å². The lowest BCUT2D eigenvalue weighted by atomic mass is 9.85. The summed E-state index contributed by atoms with van der Waals surface area (Å²) in [5, 5.41) is 3.57. The maximum atomic E-state index is 13.8. The van der Waals surface area contributed by atoms with E-state index in [0.29, 0.717) is 45.5 Å². The standard InChI is InChI=1S/C29H28ClN5O4/c1-17-22(13-19(30)15-31-17)27(36)32-20-9-7-18(8-10-20)16-34-23-5-3-4-6-24(23)35(28(34)37)21-11-12-25-26(14-21)39-29(38)33(25)2/h3-6,11-15,18,20H,7-10,16H2,1-2H3,(H,32,36)/t18-,20-. The Bertz CT molecular complexity index is 1840. The number of amides is 1. The van der Waals surface area contributed by atoms with Crippen LogP contribution in [-0.4, -0.2) is 30.6 Å². The highest BCUT2D eigenvalue weighted by Crippen LogP contribution is 2.28. The third kappa shape index (κ3) is 4.57. The molecule has 3 aromatic heterocycles. The van der Waals surface area contributed by atoms with E-state index in [9.17, 15) is 14.4 Å². The van der Waals surface area contributed by atoms with Crippen molar-refractivity contribution >= 4 is 39.6 Å². The quantitative estimate of drug-likeness (QED) is 0.348. The number of benzene rings is 2. The molecule has 0 aliphatic heterocycles. The SMILES string of the molecule is Cc1ncc(Cl)cc1C(=O)N[C@H]1CC[C@H](Cn2c(=O)n(-c3ccc4c(c3)oc(=O)n4C)c3ccccc32)CC1. The molecule has 0 unspecified atom stereocenters. The van der Waals surface area contributed by atoms with E-state index >= 15 is 0 Å². The summed E-state index contributed by atoms with van der Waals surface area (Å²) in [5.74, 6) is -0.293. The van der Waals surface area contributed by atoms with E-state index in [0.717, 1.165) is 36.7 Å². The Kier molecular flexibility index (Phi) is 6.38. The Hall–Kier alpha value is -4.11. The van der Waals surface area contributed by atoms with Crippen LogP contribution in [0.3, 0.4) is 0 Å². The first-order chi connectivity index (χ1) is 18.8. The van der Waals surface area contributed by atoms with E-state index < -0.39 is 5.76 Å². The number of para-hydroxylation sites is 2. The van der Waals surface area contributed by atoms with Crippen LogP contribution in [-0.2, 0) is 13.6 Å². The molecular formula is C29H28ClN5O4. The van der Waals surface area contributed by atoms with Crippen LogP contribution in [0.2, 0.25) is 5.02 Å².